The Hall–Kier alpha value is -1.58. The maximum absolute atomic E-state index is 13.8. The first-order chi connectivity index (χ1) is 11.4. The van der Waals surface area contributed by atoms with Crippen LogP contribution in [0.25, 0.3) is 0 Å². The van der Waals surface area contributed by atoms with Crippen molar-refractivity contribution >= 4 is 35.8 Å². The van der Waals surface area contributed by atoms with Gasteiger partial charge in [0.1, 0.15) is 0 Å². The van der Waals surface area contributed by atoms with Gasteiger partial charge in [-0.1, -0.05) is 19.9 Å². The van der Waals surface area contributed by atoms with Crippen LogP contribution in [0.2, 0.25) is 0 Å². The van der Waals surface area contributed by atoms with Crippen LogP contribution < -0.4 is 20.7 Å². The zero-order valence-electron chi connectivity index (χ0n) is 15.4. The molecule has 0 radical (unpaired) electrons. The Morgan fingerprint density at radius 2 is 1.88 bits per heavy atom. The number of carbonyl (C=O) groups excluding carboxylic acids is 1. The number of halogens is 2. The van der Waals surface area contributed by atoms with Crippen molar-refractivity contribution in [1.82, 2.24) is 16.0 Å². The zero-order valence-corrected chi connectivity index (χ0v) is 17.7. The van der Waals surface area contributed by atoms with Gasteiger partial charge in [-0.2, -0.15) is 0 Å². The molecule has 1 atom stereocenters. The van der Waals surface area contributed by atoms with Gasteiger partial charge in [0.25, 0.3) is 0 Å². The van der Waals surface area contributed by atoms with Gasteiger partial charge in [-0.25, -0.2) is 4.39 Å². The molecule has 1 aromatic rings. The minimum atomic E-state index is -0.400. The molecule has 0 saturated carbocycles. The van der Waals surface area contributed by atoms with Crippen molar-refractivity contribution in [2.24, 2.45) is 10.9 Å². The lowest BCUT2D eigenvalue weighted by Crippen LogP contribution is -2.42. The Morgan fingerprint density at radius 3 is 2.40 bits per heavy atom. The number of nitrogens with one attached hydrogen (secondary N) is 3. The summed E-state index contributed by atoms with van der Waals surface area (Å²) in [5.74, 6) is 0.379. The van der Waals surface area contributed by atoms with Crippen molar-refractivity contribution in [2.75, 3.05) is 27.2 Å². The second-order valence-electron chi connectivity index (χ2n) is 5.70. The molecule has 1 aromatic carbocycles. The SMILES string of the molecule is CN=C(NCCNC(=O)C(C)C)NC(C)c1ccc(OC)c(F)c1.I. The summed E-state index contributed by atoms with van der Waals surface area (Å²) in [5, 5.41) is 9.10. The standard InChI is InChI=1S/C17H27FN4O2.HI/c1-11(2)16(23)20-8-9-21-17(19-4)22-12(3)13-6-7-15(24-5)14(18)10-13;/h6-7,10-12H,8-9H2,1-5H3,(H,20,23)(H2,19,21,22);1H. The fourth-order valence-corrected chi connectivity index (χ4v) is 2.01. The van der Waals surface area contributed by atoms with Gasteiger partial charge in [0.05, 0.1) is 13.2 Å². The van der Waals surface area contributed by atoms with Crippen molar-refractivity contribution in [3.63, 3.8) is 0 Å². The van der Waals surface area contributed by atoms with E-state index in [1.807, 2.05) is 20.8 Å². The molecular formula is C17H28FIN4O2. The average Bonchev–Trinajstić information content (AvgIpc) is 2.56. The molecule has 0 aromatic heterocycles. The van der Waals surface area contributed by atoms with Gasteiger partial charge in [-0.3, -0.25) is 9.79 Å². The minimum absolute atomic E-state index is 0. The topological polar surface area (TPSA) is 74.8 Å². The molecule has 0 aliphatic rings. The van der Waals surface area contributed by atoms with E-state index in [4.69, 9.17) is 4.74 Å². The molecule has 1 amide bonds. The first kappa shape index (κ1) is 23.4. The summed E-state index contributed by atoms with van der Waals surface area (Å²) in [6.45, 7) is 6.65. The van der Waals surface area contributed by atoms with Crippen LogP contribution in [-0.4, -0.2) is 39.1 Å². The Bertz CT molecular complexity index is 582. The van der Waals surface area contributed by atoms with E-state index in [9.17, 15) is 9.18 Å². The number of amides is 1. The molecular weight excluding hydrogens is 438 g/mol. The fourth-order valence-electron chi connectivity index (χ4n) is 2.01. The number of guanidine groups is 1. The predicted octanol–water partition coefficient (Wildman–Crippen LogP) is 2.45. The second kappa shape index (κ2) is 11.9. The summed E-state index contributed by atoms with van der Waals surface area (Å²) in [7, 11) is 3.09. The molecule has 0 bridgehead atoms. The van der Waals surface area contributed by atoms with Crippen LogP contribution in [0, 0.1) is 11.7 Å². The van der Waals surface area contributed by atoms with Crippen molar-refractivity contribution in [2.45, 2.75) is 26.8 Å². The Balaban J connectivity index is 0.00000576. The van der Waals surface area contributed by atoms with Gasteiger partial charge >= 0.3 is 0 Å². The van der Waals surface area contributed by atoms with Crippen molar-refractivity contribution in [1.29, 1.82) is 0 Å². The number of hydrogen-bond acceptors (Lipinski definition) is 3. The molecule has 0 saturated heterocycles. The number of ether oxygens (including phenoxy) is 1. The van der Waals surface area contributed by atoms with Crippen molar-refractivity contribution in [3.8, 4) is 5.75 Å². The van der Waals surface area contributed by atoms with Crippen LogP contribution >= 0.6 is 24.0 Å². The molecule has 0 heterocycles. The van der Waals surface area contributed by atoms with Gasteiger partial charge in [-0.15, -0.1) is 24.0 Å². The monoisotopic (exact) mass is 466 g/mol. The van der Waals surface area contributed by atoms with Gasteiger partial charge in [0.15, 0.2) is 17.5 Å². The lowest BCUT2D eigenvalue weighted by molar-refractivity contribution is -0.123. The highest BCUT2D eigenvalue weighted by Gasteiger charge is 2.11. The van der Waals surface area contributed by atoms with Gasteiger partial charge in [0, 0.05) is 26.1 Å². The first-order valence-electron chi connectivity index (χ1n) is 7.97. The van der Waals surface area contributed by atoms with Crippen LogP contribution in [0.3, 0.4) is 0 Å². The van der Waals surface area contributed by atoms with E-state index >= 15 is 0 Å². The van der Waals surface area contributed by atoms with Crippen LogP contribution in [0.1, 0.15) is 32.4 Å². The Labute approximate surface area is 166 Å². The van der Waals surface area contributed by atoms with Crippen molar-refractivity contribution < 1.29 is 13.9 Å². The summed E-state index contributed by atoms with van der Waals surface area (Å²) in [6, 6.07) is 4.70. The predicted molar refractivity (Wildman–Crippen MR) is 109 cm³/mol. The highest BCUT2D eigenvalue weighted by molar-refractivity contribution is 14.0. The van der Waals surface area contributed by atoms with Crippen LogP contribution in [-0.2, 0) is 4.79 Å². The van der Waals surface area contributed by atoms with E-state index in [1.165, 1.54) is 13.2 Å². The summed E-state index contributed by atoms with van der Waals surface area (Å²) >= 11 is 0. The van der Waals surface area contributed by atoms with Gasteiger partial charge in [-0.05, 0) is 24.6 Å². The molecule has 3 N–H and O–H groups in total. The molecule has 0 spiro atoms. The molecule has 8 heteroatoms. The van der Waals surface area contributed by atoms with E-state index in [1.54, 1.807) is 19.2 Å². The summed E-state index contributed by atoms with van der Waals surface area (Å²) in [4.78, 5) is 15.6. The first-order valence-corrected chi connectivity index (χ1v) is 7.97. The molecule has 1 unspecified atom stereocenters. The average molecular weight is 466 g/mol. The van der Waals surface area contributed by atoms with E-state index in [2.05, 4.69) is 20.9 Å². The number of methoxy groups -OCH3 is 1. The van der Waals surface area contributed by atoms with Crippen LogP contribution in [0.5, 0.6) is 5.75 Å². The number of carbonyl (C=O) groups is 1. The summed E-state index contributed by atoms with van der Waals surface area (Å²) < 4.78 is 18.7. The third-order valence-corrected chi connectivity index (χ3v) is 3.49. The van der Waals surface area contributed by atoms with E-state index in [0.29, 0.717) is 19.0 Å². The third kappa shape index (κ3) is 7.89. The molecule has 0 aliphatic heterocycles. The smallest absolute Gasteiger partial charge is 0.222 e. The molecule has 1 rings (SSSR count). The van der Waals surface area contributed by atoms with Crippen LogP contribution in [0.15, 0.2) is 23.2 Å². The number of rotatable bonds is 7. The minimum Gasteiger partial charge on any atom is -0.494 e. The number of nitrogens with zero attached hydrogens (tertiary/aromatic N) is 1. The zero-order chi connectivity index (χ0) is 18.1. The number of benzene rings is 1. The highest BCUT2D eigenvalue weighted by Crippen LogP contribution is 2.21. The molecule has 25 heavy (non-hydrogen) atoms. The summed E-state index contributed by atoms with van der Waals surface area (Å²) in [6.07, 6.45) is 0. The lowest BCUT2D eigenvalue weighted by Gasteiger charge is -2.19. The van der Waals surface area contributed by atoms with E-state index < -0.39 is 5.82 Å². The lowest BCUT2D eigenvalue weighted by atomic mass is 10.1. The van der Waals surface area contributed by atoms with E-state index in [-0.39, 0.29) is 47.6 Å². The van der Waals surface area contributed by atoms with E-state index in [0.717, 1.165) is 5.56 Å². The maximum Gasteiger partial charge on any atom is 0.222 e. The molecule has 0 aliphatic carbocycles. The fraction of sp³-hybridized carbons (Fsp3) is 0.529. The molecule has 142 valence electrons. The Kier molecular flexibility index (Phi) is 11.1. The molecule has 6 nitrogen and oxygen atoms in total. The quantitative estimate of drug-likeness (QED) is 0.250. The number of aliphatic imine (C=N–C) groups is 1. The third-order valence-electron chi connectivity index (χ3n) is 3.49. The van der Waals surface area contributed by atoms with Gasteiger partial charge < -0.3 is 20.7 Å². The van der Waals surface area contributed by atoms with Crippen LogP contribution in [0.4, 0.5) is 4.39 Å². The molecule has 0 fully saturated rings. The normalized spacial score (nSPS) is 12.2. The largest absolute Gasteiger partial charge is 0.494 e. The van der Waals surface area contributed by atoms with Gasteiger partial charge in [0.2, 0.25) is 5.91 Å². The Morgan fingerprint density at radius 1 is 1.24 bits per heavy atom. The summed E-state index contributed by atoms with van der Waals surface area (Å²) in [5.41, 5.74) is 0.782. The maximum atomic E-state index is 13.8. The highest BCUT2D eigenvalue weighted by atomic mass is 127. The number of hydrogen-bond donors (Lipinski definition) is 3. The second-order valence-corrected chi connectivity index (χ2v) is 5.70. The van der Waals surface area contributed by atoms with Crippen molar-refractivity contribution in [3.05, 3.63) is 29.6 Å².